The van der Waals surface area contributed by atoms with Gasteiger partial charge in [-0.1, -0.05) is 12.8 Å². The number of hydrogen-bond acceptors (Lipinski definition) is 4. The number of anilines is 1. The SMILES string of the molecule is CNc1nnc(CC(=O)O)n1C1CCCC1. The average molecular weight is 224 g/mol. The molecule has 0 amide bonds. The lowest BCUT2D eigenvalue weighted by molar-refractivity contribution is -0.136. The van der Waals surface area contributed by atoms with Crippen molar-refractivity contribution in [2.45, 2.75) is 38.1 Å². The number of nitrogens with zero attached hydrogens (tertiary/aromatic N) is 3. The van der Waals surface area contributed by atoms with E-state index in [9.17, 15) is 4.79 Å². The molecule has 88 valence electrons. The summed E-state index contributed by atoms with van der Waals surface area (Å²) in [5.41, 5.74) is 0. The zero-order valence-electron chi connectivity index (χ0n) is 9.31. The van der Waals surface area contributed by atoms with Gasteiger partial charge in [0.15, 0.2) is 0 Å². The van der Waals surface area contributed by atoms with Crippen molar-refractivity contribution in [2.24, 2.45) is 0 Å². The first kappa shape index (κ1) is 10.9. The summed E-state index contributed by atoms with van der Waals surface area (Å²) in [7, 11) is 1.78. The Hall–Kier alpha value is -1.59. The highest BCUT2D eigenvalue weighted by atomic mass is 16.4. The van der Waals surface area contributed by atoms with Crippen molar-refractivity contribution in [2.75, 3.05) is 12.4 Å². The maximum Gasteiger partial charge on any atom is 0.311 e. The molecule has 1 aromatic heterocycles. The number of aliphatic carboxylic acids is 1. The van der Waals surface area contributed by atoms with E-state index in [1.807, 2.05) is 4.57 Å². The molecule has 2 N–H and O–H groups in total. The van der Waals surface area contributed by atoms with Gasteiger partial charge in [-0.25, -0.2) is 0 Å². The minimum Gasteiger partial charge on any atom is -0.481 e. The van der Waals surface area contributed by atoms with Crippen LogP contribution in [0.3, 0.4) is 0 Å². The normalized spacial score (nSPS) is 16.6. The van der Waals surface area contributed by atoms with Gasteiger partial charge in [0.05, 0.1) is 0 Å². The summed E-state index contributed by atoms with van der Waals surface area (Å²) in [4.78, 5) is 10.7. The molecule has 6 nitrogen and oxygen atoms in total. The van der Waals surface area contributed by atoms with Gasteiger partial charge in [0, 0.05) is 13.1 Å². The second-order valence-corrected chi connectivity index (χ2v) is 4.07. The Balaban J connectivity index is 2.29. The number of nitrogens with one attached hydrogen (secondary N) is 1. The van der Waals surface area contributed by atoms with Gasteiger partial charge in [0.2, 0.25) is 5.95 Å². The topological polar surface area (TPSA) is 80.0 Å². The minimum absolute atomic E-state index is 0.0643. The molecule has 16 heavy (non-hydrogen) atoms. The summed E-state index contributed by atoms with van der Waals surface area (Å²) in [5, 5.41) is 19.7. The van der Waals surface area contributed by atoms with Gasteiger partial charge in [-0.15, -0.1) is 10.2 Å². The fourth-order valence-electron chi connectivity index (χ4n) is 2.30. The van der Waals surface area contributed by atoms with Crippen LogP contribution in [0, 0.1) is 0 Å². The number of aromatic nitrogens is 3. The molecule has 0 spiro atoms. The Morgan fingerprint density at radius 2 is 2.19 bits per heavy atom. The van der Waals surface area contributed by atoms with E-state index in [1.54, 1.807) is 7.05 Å². The lowest BCUT2D eigenvalue weighted by atomic mass is 10.2. The second-order valence-electron chi connectivity index (χ2n) is 4.07. The fourth-order valence-corrected chi connectivity index (χ4v) is 2.30. The van der Waals surface area contributed by atoms with Crippen molar-refractivity contribution in [1.82, 2.24) is 14.8 Å². The molecule has 1 saturated carbocycles. The lowest BCUT2D eigenvalue weighted by Crippen LogP contribution is -2.15. The van der Waals surface area contributed by atoms with Crippen LogP contribution in [-0.4, -0.2) is 32.9 Å². The largest absolute Gasteiger partial charge is 0.481 e. The summed E-state index contributed by atoms with van der Waals surface area (Å²) >= 11 is 0. The van der Waals surface area contributed by atoms with Crippen LogP contribution in [0.2, 0.25) is 0 Å². The highest BCUT2D eigenvalue weighted by Gasteiger charge is 2.24. The molecule has 0 unspecified atom stereocenters. The first-order valence-electron chi connectivity index (χ1n) is 5.55. The number of carbonyl (C=O) groups is 1. The van der Waals surface area contributed by atoms with Crippen LogP contribution in [0.15, 0.2) is 0 Å². The van der Waals surface area contributed by atoms with Gasteiger partial charge >= 0.3 is 5.97 Å². The molecule has 1 aromatic rings. The molecule has 0 radical (unpaired) electrons. The van der Waals surface area contributed by atoms with Gasteiger partial charge in [-0.05, 0) is 12.8 Å². The molecule has 0 saturated heterocycles. The maximum absolute atomic E-state index is 10.7. The van der Waals surface area contributed by atoms with Crippen LogP contribution >= 0.6 is 0 Å². The van der Waals surface area contributed by atoms with Crippen LogP contribution in [0.4, 0.5) is 5.95 Å². The number of carboxylic acids is 1. The fraction of sp³-hybridized carbons (Fsp3) is 0.700. The smallest absolute Gasteiger partial charge is 0.311 e. The Morgan fingerprint density at radius 1 is 1.50 bits per heavy atom. The van der Waals surface area contributed by atoms with Crippen LogP contribution in [0.5, 0.6) is 0 Å². The minimum atomic E-state index is -0.866. The highest BCUT2D eigenvalue weighted by molar-refractivity contribution is 5.69. The van der Waals surface area contributed by atoms with Crippen LogP contribution < -0.4 is 5.32 Å². The van der Waals surface area contributed by atoms with Gasteiger partial charge in [-0.3, -0.25) is 9.36 Å². The van der Waals surface area contributed by atoms with Gasteiger partial charge in [0.1, 0.15) is 12.2 Å². The maximum atomic E-state index is 10.7. The van der Waals surface area contributed by atoms with E-state index < -0.39 is 5.97 Å². The van der Waals surface area contributed by atoms with E-state index in [4.69, 9.17) is 5.11 Å². The van der Waals surface area contributed by atoms with Crippen LogP contribution in [-0.2, 0) is 11.2 Å². The Bertz CT molecular complexity index is 382. The standard InChI is InChI=1S/C10H16N4O2/c1-11-10-13-12-8(6-9(15)16)14(10)7-4-2-3-5-7/h7H,2-6H2,1H3,(H,11,13)(H,15,16). The molecular formula is C10H16N4O2. The van der Waals surface area contributed by atoms with Crippen LogP contribution in [0.25, 0.3) is 0 Å². The molecule has 0 bridgehead atoms. The highest BCUT2D eigenvalue weighted by Crippen LogP contribution is 2.32. The second kappa shape index (κ2) is 4.51. The van der Waals surface area contributed by atoms with Gasteiger partial charge < -0.3 is 10.4 Å². The van der Waals surface area contributed by atoms with E-state index >= 15 is 0 Å². The molecule has 1 heterocycles. The van der Waals surface area contributed by atoms with E-state index in [0.29, 0.717) is 17.8 Å². The number of hydrogen-bond donors (Lipinski definition) is 2. The predicted molar refractivity (Wildman–Crippen MR) is 58.4 cm³/mol. The summed E-state index contributed by atoms with van der Waals surface area (Å²) in [6, 6.07) is 0.354. The Kier molecular flexibility index (Phi) is 3.07. The predicted octanol–water partition coefficient (Wildman–Crippen LogP) is 1.06. The number of rotatable bonds is 4. The van der Waals surface area contributed by atoms with E-state index in [-0.39, 0.29) is 6.42 Å². The van der Waals surface area contributed by atoms with E-state index in [1.165, 1.54) is 12.8 Å². The first-order valence-corrected chi connectivity index (χ1v) is 5.55. The molecule has 6 heteroatoms. The van der Waals surface area contributed by atoms with Crippen molar-refractivity contribution >= 4 is 11.9 Å². The monoisotopic (exact) mass is 224 g/mol. The third-order valence-corrected chi connectivity index (χ3v) is 2.99. The van der Waals surface area contributed by atoms with Crippen molar-refractivity contribution in [1.29, 1.82) is 0 Å². The van der Waals surface area contributed by atoms with Crippen molar-refractivity contribution in [3.05, 3.63) is 5.82 Å². The Labute approximate surface area is 93.7 Å². The quantitative estimate of drug-likeness (QED) is 0.799. The third-order valence-electron chi connectivity index (χ3n) is 2.99. The molecule has 0 aromatic carbocycles. The molecule has 1 aliphatic carbocycles. The molecular weight excluding hydrogens is 208 g/mol. The van der Waals surface area contributed by atoms with Crippen molar-refractivity contribution in [3.63, 3.8) is 0 Å². The zero-order valence-corrected chi connectivity index (χ0v) is 9.31. The van der Waals surface area contributed by atoms with Crippen molar-refractivity contribution in [3.8, 4) is 0 Å². The summed E-state index contributed by atoms with van der Waals surface area (Å²) in [6.07, 6.45) is 4.49. The van der Waals surface area contributed by atoms with Crippen molar-refractivity contribution < 1.29 is 9.90 Å². The molecule has 0 aliphatic heterocycles. The molecule has 2 rings (SSSR count). The Morgan fingerprint density at radius 3 is 2.75 bits per heavy atom. The van der Waals surface area contributed by atoms with Gasteiger partial charge in [0.25, 0.3) is 0 Å². The summed E-state index contributed by atoms with van der Waals surface area (Å²) in [6.45, 7) is 0. The first-order chi connectivity index (χ1) is 7.72. The number of carboxylic acid groups (broad SMARTS) is 1. The van der Waals surface area contributed by atoms with Crippen LogP contribution in [0.1, 0.15) is 37.5 Å². The molecule has 1 fully saturated rings. The summed E-state index contributed by atoms with van der Waals surface area (Å²) < 4.78 is 1.95. The van der Waals surface area contributed by atoms with E-state index in [2.05, 4.69) is 15.5 Å². The van der Waals surface area contributed by atoms with Gasteiger partial charge in [-0.2, -0.15) is 0 Å². The molecule has 0 atom stereocenters. The average Bonchev–Trinajstić information content (AvgIpc) is 2.84. The summed E-state index contributed by atoms with van der Waals surface area (Å²) in [5.74, 6) is 0.348. The molecule has 1 aliphatic rings. The third kappa shape index (κ3) is 2.00. The zero-order chi connectivity index (χ0) is 11.5. The lowest BCUT2D eigenvalue weighted by Gasteiger charge is -2.15. The van der Waals surface area contributed by atoms with E-state index in [0.717, 1.165) is 12.8 Å².